The third-order valence-corrected chi connectivity index (χ3v) is 3.12. The molecule has 0 aliphatic carbocycles. The minimum Gasteiger partial charge on any atom is -0.493 e. The summed E-state index contributed by atoms with van der Waals surface area (Å²) < 4.78 is 16.5. The number of nitrogens with zero attached hydrogens (tertiary/aromatic N) is 1. The first-order valence-electron chi connectivity index (χ1n) is 6.76. The molecule has 0 amide bonds. The average Bonchev–Trinajstić information content (AvgIpc) is 2.46. The summed E-state index contributed by atoms with van der Waals surface area (Å²) >= 11 is 3.40. The zero-order valence-corrected chi connectivity index (χ0v) is 14.6. The molecule has 0 unspecified atom stereocenters. The van der Waals surface area contributed by atoms with Crippen molar-refractivity contribution in [3.05, 3.63) is 27.7 Å². The van der Waals surface area contributed by atoms with Gasteiger partial charge in [0, 0.05) is 0 Å². The molecule has 0 spiro atoms. The Morgan fingerprint density at radius 1 is 1.45 bits per heavy atom. The lowest BCUT2D eigenvalue weighted by Gasteiger charge is -2.12. The largest absolute Gasteiger partial charge is 0.493 e. The maximum Gasteiger partial charge on any atom is 0.349 e. The van der Waals surface area contributed by atoms with Gasteiger partial charge in [-0.1, -0.05) is 0 Å². The highest BCUT2D eigenvalue weighted by atomic mass is 79.9. The molecule has 5 nitrogen and oxygen atoms in total. The quantitative estimate of drug-likeness (QED) is 0.435. The van der Waals surface area contributed by atoms with Crippen LogP contribution in [-0.2, 0) is 9.53 Å². The lowest BCUT2D eigenvalue weighted by Crippen LogP contribution is -2.12. The van der Waals surface area contributed by atoms with Crippen molar-refractivity contribution in [1.82, 2.24) is 0 Å². The smallest absolute Gasteiger partial charge is 0.349 e. The molecule has 1 rings (SSSR count). The van der Waals surface area contributed by atoms with Crippen LogP contribution in [0.1, 0.15) is 26.3 Å². The lowest BCUT2D eigenvalue weighted by molar-refractivity contribution is -0.142. The second kappa shape index (κ2) is 8.44. The number of hydrogen-bond acceptors (Lipinski definition) is 5. The fourth-order valence-corrected chi connectivity index (χ4v) is 2.26. The minimum absolute atomic E-state index is 0.0770. The first-order valence-corrected chi connectivity index (χ1v) is 7.55. The van der Waals surface area contributed by atoms with Gasteiger partial charge in [-0.15, -0.1) is 0 Å². The fraction of sp³-hybridized carbons (Fsp3) is 0.375. The number of hydrogen-bond donors (Lipinski definition) is 0. The van der Waals surface area contributed by atoms with Crippen molar-refractivity contribution >= 4 is 28.0 Å². The first-order chi connectivity index (χ1) is 10.4. The van der Waals surface area contributed by atoms with Gasteiger partial charge < -0.3 is 14.2 Å². The van der Waals surface area contributed by atoms with Crippen molar-refractivity contribution < 1.29 is 19.0 Å². The van der Waals surface area contributed by atoms with Crippen LogP contribution in [0.5, 0.6) is 11.5 Å². The molecule has 0 saturated heterocycles. The van der Waals surface area contributed by atoms with E-state index in [1.165, 1.54) is 13.2 Å². The van der Waals surface area contributed by atoms with Crippen LogP contribution < -0.4 is 9.47 Å². The summed E-state index contributed by atoms with van der Waals surface area (Å²) in [5, 5.41) is 9.12. The van der Waals surface area contributed by atoms with E-state index in [1.807, 2.05) is 13.0 Å². The molecule has 0 aromatic heterocycles. The summed E-state index contributed by atoms with van der Waals surface area (Å²) in [4.78, 5) is 11.8. The van der Waals surface area contributed by atoms with E-state index >= 15 is 0 Å². The highest BCUT2D eigenvalue weighted by Gasteiger charge is 2.15. The predicted octanol–water partition coefficient (Wildman–Crippen LogP) is 3.71. The van der Waals surface area contributed by atoms with E-state index < -0.39 is 5.97 Å². The molecular formula is C16H18BrNO4. The molecule has 1 aromatic carbocycles. The van der Waals surface area contributed by atoms with Crippen LogP contribution in [0.15, 0.2) is 22.2 Å². The maximum absolute atomic E-state index is 11.8. The molecule has 0 bridgehead atoms. The first kappa shape index (κ1) is 18.1. The molecule has 0 radical (unpaired) electrons. The molecular weight excluding hydrogens is 350 g/mol. The Balaban J connectivity index is 3.21. The number of carbonyl (C=O) groups is 1. The Kier molecular flexibility index (Phi) is 6.93. The molecule has 0 saturated carbocycles. The van der Waals surface area contributed by atoms with Crippen LogP contribution in [-0.4, -0.2) is 25.8 Å². The van der Waals surface area contributed by atoms with Crippen molar-refractivity contribution in [3.63, 3.8) is 0 Å². The Hall–Kier alpha value is -2.00. The second-order valence-corrected chi connectivity index (χ2v) is 5.45. The fourth-order valence-electron chi connectivity index (χ4n) is 1.69. The van der Waals surface area contributed by atoms with Crippen LogP contribution >= 0.6 is 15.9 Å². The summed E-state index contributed by atoms with van der Waals surface area (Å²) in [6, 6.07) is 5.29. The van der Waals surface area contributed by atoms with Gasteiger partial charge in [-0.2, -0.15) is 5.26 Å². The number of carbonyl (C=O) groups excluding carboxylic acids is 1. The van der Waals surface area contributed by atoms with Crippen LogP contribution in [0.4, 0.5) is 0 Å². The number of halogens is 1. The van der Waals surface area contributed by atoms with Gasteiger partial charge in [0.05, 0.1) is 24.3 Å². The van der Waals surface area contributed by atoms with Gasteiger partial charge in [0.2, 0.25) is 0 Å². The van der Waals surface area contributed by atoms with Gasteiger partial charge in [-0.25, -0.2) is 4.79 Å². The van der Waals surface area contributed by atoms with E-state index in [-0.39, 0.29) is 11.7 Å². The standard InChI is InChI=1S/C16H18BrNO4/c1-5-21-15-13(17)7-11(8-14(15)20-4)6-12(9-18)16(19)22-10(2)3/h6-8,10H,5H2,1-4H3. The summed E-state index contributed by atoms with van der Waals surface area (Å²) in [5.41, 5.74) is 0.552. The topological polar surface area (TPSA) is 68.5 Å². The highest BCUT2D eigenvalue weighted by molar-refractivity contribution is 9.10. The van der Waals surface area contributed by atoms with Crippen LogP contribution in [0.25, 0.3) is 6.08 Å². The zero-order chi connectivity index (χ0) is 16.7. The summed E-state index contributed by atoms with van der Waals surface area (Å²) in [6.07, 6.45) is 1.17. The Labute approximate surface area is 138 Å². The number of nitriles is 1. The predicted molar refractivity (Wildman–Crippen MR) is 86.7 cm³/mol. The van der Waals surface area contributed by atoms with Gasteiger partial charge in [0.1, 0.15) is 11.6 Å². The van der Waals surface area contributed by atoms with E-state index in [2.05, 4.69) is 15.9 Å². The lowest BCUT2D eigenvalue weighted by atomic mass is 10.1. The third-order valence-electron chi connectivity index (χ3n) is 2.53. The van der Waals surface area contributed by atoms with Gasteiger partial charge in [0.15, 0.2) is 11.5 Å². The van der Waals surface area contributed by atoms with Gasteiger partial charge in [-0.05, 0) is 60.5 Å². The van der Waals surface area contributed by atoms with E-state index in [0.29, 0.717) is 28.1 Å². The van der Waals surface area contributed by atoms with Gasteiger partial charge in [0.25, 0.3) is 0 Å². The van der Waals surface area contributed by atoms with Crippen LogP contribution in [0.2, 0.25) is 0 Å². The Morgan fingerprint density at radius 3 is 2.64 bits per heavy atom. The number of methoxy groups -OCH3 is 1. The molecule has 22 heavy (non-hydrogen) atoms. The molecule has 0 atom stereocenters. The maximum atomic E-state index is 11.8. The minimum atomic E-state index is -0.651. The van der Waals surface area contributed by atoms with Crippen molar-refractivity contribution in [2.24, 2.45) is 0 Å². The summed E-state index contributed by atoms with van der Waals surface area (Å²) in [5.74, 6) is 0.434. The third kappa shape index (κ3) is 4.78. The monoisotopic (exact) mass is 367 g/mol. The molecule has 0 fully saturated rings. The molecule has 0 heterocycles. The molecule has 1 aromatic rings. The molecule has 0 aliphatic rings. The van der Waals surface area contributed by atoms with Gasteiger partial charge >= 0.3 is 5.97 Å². The molecule has 6 heteroatoms. The number of ether oxygens (including phenoxy) is 3. The molecule has 0 aliphatic heterocycles. The second-order valence-electron chi connectivity index (χ2n) is 4.59. The van der Waals surface area contributed by atoms with Crippen molar-refractivity contribution in [1.29, 1.82) is 5.26 Å². The Morgan fingerprint density at radius 2 is 2.14 bits per heavy atom. The van der Waals surface area contributed by atoms with Crippen molar-refractivity contribution in [2.75, 3.05) is 13.7 Å². The highest BCUT2D eigenvalue weighted by Crippen LogP contribution is 2.37. The van der Waals surface area contributed by atoms with Crippen LogP contribution in [0.3, 0.4) is 0 Å². The molecule has 0 N–H and O–H groups in total. The molecule has 118 valence electrons. The summed E-state index contributed by atoms with van der Waals surface area (Å²) in [6.45, 7) is 5.82. The Bertz CT molecular complexity index is 617. The number of benzene rings is 1. The SMILES string of the molecule is CCOc1c(Br)cc(C=C(C#N)C(=O)OC(C)C)cc1OC. The van der Waals surface area contributed by atoms with E-state index in [4.69, 9.17) is 19.5 Å². The van der Waals surface area contributed by atoms with Crippen molar-refractivity contribution in [2.45, 2.75) is 26.9 Å². The van der Waals surface area contributed by atoms with E-state index in [1.54, 1.807) is 26.0 Å². The van der Waals surface area contributed by atoms with E-state index in [9.17, 15) is 4.79 Å². The van der Waals surface area contributed by atoms with Gasteiger partial charge in [-0.3, -0.25) is 0 Å². The average molecular weight is 368 g/mol. The van der Waals surface area contributed by atoms with Crippen LogP contribution in [0, 0.1) is 11.3 Å². The number of rotatable bonds is 6. The number of esters is 1. The summed E-state index contributed by atoms with van der Waals surface area (Å²) in [7, 11) is 1.52. The zero-order valence-electron chi connectivity index (χ0n) is 13.0. The normalized spacial score (nSPS) is 11.0. The van der Waals surface area contributed by atoms with Crippen molar-refractivity contribution in [3.8, 4) is 17.6 Å². The van der Waals surface area contributed by atoms with E-state index in [0.717, 1.165) is 0 Å².